The van der Waals surface area contributed by atoms with Crippen LogP contribution in [0.1, 0.15) is 44.5 Å². The van der Waals surface area contributed by atoms with Gasteiger partial charge in [0.05, 0.1) is 22.2 Å². The Morgan fingerprint density at radius 2 is 0.672 bits per heavy atom. The lowest BCUT2D eigenvalue weighted by molar-refractivity contribution is 0.436. The Morgan fingerprint density at radius 1 is 0.281 bits per heavy atom. The molecule has 3 aliphatic rings. The van der Waals surface area contributed by atoms with Gasteiger partial charge in [0.2, 0.25) is 0 Å². The third-order valence-corrected chi connectivity index (χ3v) is 14.0. The van der Waals surface area contributed by atoms with Crippen molar-refractivity contribution in [2.24, 2.45) is 0 Å². The van der Waals surface area contributed by atoms with Gasteiger partial charge in [-0.2, -0.15) is 0 Å². The maximum Gasteiger partial charge on any atom is 0.132 e. The molecule has 0 aromatic heterocycles. The maximum atomic E-state index is 6.72. The third-order valence-electron chi connectivity index (χ3n) is 14.0. The number of para-hydroxylation sites is 2. The van der Waals surface area contributed by atoms with E-state index >= 15 is 0 Å². The molecule has 1 aliphatic heterocycles. The van der Waals surface area contributed by atoms with E-state index < -0.39 is 10.8 Å². The SMILES string of the molecule is c1ccc(-c2ccc(N(c3cccc4c3-c3ccccc3C4(c3ccccc3)c3ccccc3)c3cccc4c3-c3ccccc3C43c4ccccc4Oc4ccccc43)cc2)cc1. The molecular formula is C62H41NO. The van der Waals surface area contributed by atoms with E-state index in [2.05, 4.69) is 254 Å². The number of anilines is 3. The normalized spacial score (nSPS) is 14.0. The summed E-state index contributed by atoms with van der Waals surface area (Å²) in [7, 11) is 0. The van der Waals surface area contributed by atoms with Gasteiger partial charge >= 0.3 is 0 Å². The Morgan fingerprint density at radius 3 is 1.20 bits per heavy atom. The minimum Gasteiger partial charge on any atom is -0.457 e. The molecule has 13 rings (SSSR count). The first kappa shape index (κ1) is 36.5. The first-order valence-electron chi connectivity index (χ1n) is 22.2. The highest BCUT2D eigenvalue weighted by atomic mass is 16.5. The number of nitrogens with zero attached hydrogens (tertiary/aromatic N) is 1. The van der Waals surface area contributed by atoms with Crippen molar-refractivity contribution in [3.05, 3.63) is 293 Å². The second-order valence-electron chi connectivity index (χ2n) is 17.1. The number of hydrogen-bond donors (Lipinski definition) is 0. The van der Waals surface area contributed by atoms with Crippen LogP contribution in [0.4, 0.5) is 17.1 Å². The summed E-state index contributed by atoms with van der Waals surface area (Å²) in [5, 5.41) is 0. The fourth-order valence-electron chi connectivity index (χ4n) is 11.6. The Kier molecular flexibility index (Phi) is 8.07. The largest absolute Gasteiger partial charge is 0.457 e. The van der Waals surface area contributed by atoms with Crippen molar-refractivity contribution in [3.63, 3.8) is 0 Å². The number of fused-ring (bicyclic) bond motifs is 12. The van der Waals surface area contributed by atoms with Gasteiger partial charge in [0.25, 0.3) is 0 Å². The summed E-state index contributed by atoms with van der Waals surface area (Å²) in [6.45, 7) is 0. The minimum atomic E-state index is -0.600. The average molecular weight is 816 g/mol. The van der Waals surface area contributed by atoms with Gasteiger partial charge < -0.3 is 9.64 Å². The Labute approximate surface area is 374 Å². The monoisotopic (exact) mass is 815 g/mol. The lowest BCUT2D eigenvalue weighted by Crippen LogP contribution is -2.32. The van der Waals surface area contributed by atoms with E-state index in [1.165, 1.54) is 66.8 Å². The fraction of sp³-hybridized carbons (Fsp3) is 0.0323. The van der Waals surface area contributed by atoms with Crippen molar-refractivity contribution in [1.29, 1.82) is 0 Å². The molecule has 2 nitrogen and oxygen atoms in total. The molecule has 2 heteroatoms. The summed E-state index contributed by atoms with van der Waals surface area (Å²) in [5.74, 6) is 1.77. The standard InChI is InChI=1S/C62H41NO/c1-4-20-42(21-5-1)43-38-40-46(41-39-43)63(55-34-18-32-53-59(55)47-26-10-12-28-49(47)61(53,44-22-6-2-7-23-44)45-24-8-3-9-25-45)56-35-19-33-54-60(56)48-27-11-13-29-50(48)62(54)51-30-14-16-36-57(51)64-58-37-17-15-31-52(58)62/h1-41H. The van der Waals surface area contributed by atoms with Crippen LogP contribution in [-0.2, 0) is 10.8 Å². The van der Waals surface area contributed by atoms with Gasteiger partial charge in [-0.05, 0) is 92.0 Å². The Bertz CT molecular complexity index is 3320. The molecule has 0 atom stereocenters. The van der Waals surface area contributed by atoms with Crippen LogP contribution in [0.2, 0.25) is 0 Å². The Hall–Kier alpha value is -8.20. The molecule has 10 aromatic rings. The van der Waals surface area contributed by atoms with E-state index in [1.807, 2.05) is 0 Å². The predicted octanol–water partition coefficient (Wildman–Crippen LogP) is 15.7. The molecule has 0 unspecified atom stereocenters. The summed E-state index contributed by atoms with van der Waals surface area (Å²) < 4.78 is 6.72. The van der Waals surface area contributed by atoms with Crippen LogP contribution < -0.4 is 9.64 Å². The van der Waals surface area contributed by atoms with Crippen LogP contribution in [0.15, 0.2) is 249 Å². The highest BCUT2D eigenvalue weighted by molar-refractivity contribution is 6.03. The van der Waals surface area contributed by atoms with Crippen molar-refractivity contribution in [1.82, 2.24) is 0 Å². The van der Waals surface area contributed by atoms with Crippen LogP contribution in [0.25, 0.3) is 33.4 Å². The molecule has 300 valence electrons. The molecule has 64 heavy (non-hydrogen) atoms. The van der Waals surface area contributed by atoms with E-state index in [9.17, 15) is 0 Å². The molecule has 0 amide bonds. The molecule has 2 aliphatic carbocycles. The van der Waals surface area contributed by atoms with Crippen LogP contribution in [0.5, 0.6) is 11.5 Å². The molecule has 0 saturated carbocycles. The first-order chi connectivity index (χ1) is 31.8. The number of hydrogen-bond acceptors (Lipinski definition) is 2. The van der Waals surface area contributed by atoms with Gasteiger partial charge in [0.1, 0.15) is 11.5 Å². The van der Waals surface area contributed by atoms with Crippen molar-refractivity contribution in [2.45, 2.75) is 10.8 Å². The van der Waals surface area contributed by atoms with Gasteiger partial charge in [0, 0.05) is 27.9 Å². The summed E-state index contributed by atoms with van der Waals surface area (Å²) in [6, 6.07) is 91.3. The molecule has 10 aromatic carbocycles. The molecule has 1 spiro atoms. The van der Waals surface area contributed by atoms with E-state index in [1.54, 1.807) is 0 Å². The quantitative estimate of drug-likeness (QED) is 0.166. The fourth-order valence-corrected chi connectivity index (χ4v) is 11.6. The van der Waals surface area contributed by atoms with E-state index in [0.717, 1.165) is 39.7 Å². The first-order valence-corrected chi connectivity index (χ1v) is 22.2. The molecular weight excluding hydrogens is 775 g/mol. The summed E-state index contributed by atoms with van der Waals surface area (Å²) in [4.78, 5) is 2.54. The average Bonchev–Trinajstić information content (AvgIpc) is 3.85. The van der Waals surface area contributed by atoms with Gasteiger partial charge in [0.15, 0.2) is 0 Å². The van der Waals surface area contributed by atoms with Gasteiger partial charge in [-0.1, -0.05) is 212 Å². The van der Waals surface area contributed by atoms with Crippen molar-refractivity contribution in [3.8, 4) is 44.9 Å². The van der Waals surface area contributed by atoms with Crippen LogP contribution in [0, 0.1) is 0 Å². The second-order valence-corrected chi connectivity index (χ2v) is 17.1. The number of rotatable bonds is 6. The van der Waals surface area contributed by atoms with Crippen molar-refractivity contribution < 1.29 is 4.74 Å². The molecule has 0 saturated heterocycles. The van der Waals surface area contributed by atoms with Crippen LogP contribution >= 0.6 is 0 Å². The summed E-state index contributed by atoms with van der Waals surface area (Å²) in [5.41, 5.74) is 19.3. The number of ether oxygens (including phenoxy) is 1. The second kappa shape index (κ2) is 14.2. The van der Waals surface area contributed by atoms with Gasteiger partial charge in [-0.3, -0.25) is 0 Å². The van der Waals surface area contributed by atoms with E-state index in [0.29, 0.717) is 0 Å². The molecule has 0 bridgehead atoms. The minimum absolute atomic E-state index is 0.544. The molecule has 0 radical (unpaired) electrons. The van der Waals surface area contributed by atoms with Gasteiger partial charge in [-0.15, -0.1) is 0 Å². The zero-order valence-electron chi connectivity index (χ0n) is 35.0. The zero-order chi connectivity index (χ0) is 42.2. The van der Waals surface area contributed by atoms with E-state index in [-0.39, 0.29) is 0 Å². The van der Waals surface area contributed by atoms with E-state index in [4.69, 9.17) is 4.74 Å². The van der Waals surface area contributed by atoms with Gasteiger partial charge in [-0.25, -0.2) is 0 Å². The summed E-state index contributed by atoms with van der Waals surface area (Å²) in [6.07, 6.45) is 0. The predicted molar refractivity (Wildman–Crippen MR) is 261 cm³/mol. The maximum absolute atomic E-state index is 6.72. The summed E-state index contributed by atoms with van der Waals surface area (Å²) >= 11 is 0. The Balaban J connectivity index is 1.14. The van der Waals surface area contributed by atoms with Crippen molar-refractivity contribution >= 4 is 17.1 Å². The lowest BCUT2D eigenvalue weighted by atomic mass is 9.66. The highest BCUT2D eigenvalue weighted by Gasteiger charge is 2.52. The van der Waals surface area contributed by atoms with Crippen LogP contribution in [-0.4, -0.2) is 0 Å². The third kappa shape index (κ3) is 4.97. The number of benzene rings is 10. The smallest absolute Gasteiger partial charge is 0.132 e. The van der Waals surface area contributed by atoms with Crippen LogP contribution in [0.3, 0.4) is 0 Å². The topological polar surface area (TPSA) is 12.5 Å². The molecule has 0 N–H and O–H groups in total. The zero-order valence-corrected chi connectivity index (χ0v) is 35.0. The lowest BCUT2D eigenvalue weighted by Gasteiger charge is -2.39. The molecule has 1 heterocycles. The van der Waals surface area contributed by atoms with Crippen molar-refractivity contribution in [2.75, 3.05) is 4.90 Å². The molecule has 0 fully saturated rings. The highest BCUT2D eigenvalue weighted by Crippen LogP contribution is 2.65.